The molecular weight excluding hydrogens is 296 g/mol. The lowest BCUT2D eigenvalue weighted by Gasteiger charge is -2.09. The van der Waals surface area contributed by atoms with Gasteiger partial charge in [-0.25, -0.2) is 4.98 Å². The summed E-state index contributed by atoms with van der Waals surface area (Å²) in [5.41, 5.74) is 8.63. The molecule has 0 aliphatic rings. The third-order valence-corrected chi connectivity index (χ3v) is 4.48. The molecule has 0 amide bonds. The van der Waals surface area contributed by atoms with Crippen molar-refractivity contribution in [3.63, 3.8) is 0 Å². The first-order valence-corrected chi connectivity index (χ1v) is 7.99. The minimum absolute atomic E-state index is 0.0404. The van der Waals surface area contributed by atoms with Gasteiger partial charge in [0, 0.05) is 31.1 Å². The Morgan fingerprint density at radius 3 is 2.73 bits per heavy atom. The highest BCUT2D eigenvalue weighted by Crippen LogP contribution is 2.31. The fraction of sp³-hybridized carbons (Fsp3) is 0.250. The monoisotopic (exact) mass is 314 g/mol. The summed E-state index contributed by atoms with van der Waals surface area (Å²) in [4.78, 5) is 18.0. The standard InChI is InChI=1S/C16H18N4OS/c1-10-3-5-11(6-4-10)12-9-22-14-13(12)15(21)20(2)16(19-14)18-8-7-17/h3-6,9H,7-8,17H2,1-2H3,(H,18,19). The SMILES string of the molecule is Cc1ccc(-c2csc3nc(NCCN)n(C)c(=O)c23)cc1. The van der Waals surface area contributed by atoms with Crippen LogP contribution < -0.4 is 16.6 Å². The van der Waals surface area contributed by atoms with E-state index in [0.717, 1.165) is 16.0 Å². The molecule has 5 nitrogen and oxygen atoms in total. The summed E-state index contributed by atoms with van der Waals surface area (Å²) in [5, 5.41) is 5.76. The predicted octanol–water partition coefficient (Wildman–Crippen LogP) is 2.34. The van der Waals surface area contributed by atoms with Crippen molar-refractivity contribution in [3.05, 3.63) is 45.6 Å². The Balaban J connectivity index is 2.17. The molecule has 0 radical (unpaired) electrons. The topological polar surface area (TPSA) is 72.9 Å². The Bertz CT molecular complexity index is 864. The van der Waals surface area contributed by atoms with Crippen LogP contribution in [-0.2, 0) is 7.05 Å². The summed E-state index contributed by atoms with van der Waals surface area (Å²) < 4.78 is 1.54. The van der Waals surface area contributed by atoms with Crippen molar-refractivity contribution >= 4 is 27.5 Å². The fourth-order valence-corrected chi connectivity index (χ4v) is 3.30. The molecule has 22 heavy (non-hydrogen) atoms. The molecule has 0 aliphatic heterocycles. The van der Waals surface area contributed by atoms with Crippen LogP contribution in [-0.4, -0.2) is 22.6 Å². The summed E-state index contributed by atoms with van der Waals surface area (Å²) in [7, 11) is 1.73. The van der Waals surface area contributed by atoms with Crippen molar-refractivity contribution in [3.8, 4) is 11.1 Å². The molecule has 0 atom stereocenters. The van der Waals surface area contributed by atoms with Crippen LogP contribution in [0, 0.1) is 6.92 Å². The van der Waals surface area contributed by atoms with Gasteiger partial charge in [-0.3, -0.25) is 9.36 Å². The minimum Gasteiger partial charge on any atom is -0.354 e. The molecule has 114 valence electrons. The summed E-state index contributed by atoms with van der Waals surface area (Å²) in [6.45, 7) is 3.13. The first-order valence-electron chi connectivity index (χ1n) is 7.11. The van der Waals surface area contributed by atoms with E-state index in [-0.39, 0.29) is 5.56 Å². The number of hydrogen-bond donors (Lipinski definition) is 2. The van der Waals surface area contributed by atoms with Gasteiger partial charge in [0.25, 0.3) is 5.56 Å². The number of fused-ring (bicyclic) bond motifs is 1. The molecule has 3 N–H and O–H groups in total. The largest absolute Gasteiger partial charge is 0.354 e. The van der Waals surface area contributed by atoms with Gasteiger partial charge in [0.2, 0.25) is 5.95 Å². The van der Waals surface area contributed by atoms with Crippen molar-refractivity contribution in [1.29, 1.82) is 0 Å². The zero-order valence-electron chi connectivity index (χ0n) is 12.6. The van der Waals surface area contributed by atoms with E-state index in [2.05, 4.69) is 10.3 Å². The summed E-state index contributed by atoms with van der Waals surface area (Å²) in [5.74, 6) is 0.556. The van der Waals surface area contributed by atoms with Crippen LogP contribution in [0.4, 0.5) is 5.95 Å². The zero-order chi connectivity index (χ0) is 15.7. The number of nitrogens with two attached hydrogens (primary N) is 1. The van der Waals surface area contributed by atoms with Gasteiger partial charge in [0.1, 0.15) is 4.83 Å². The second kappa shape index (κ2) is 5.90. The Labute approximate surface area is 132 Å². The van der Waals surface area contributed by atoms with Gasteiger partial charge in [-0.2, -0.15) is 0 Å². The molecule has 3 rings (SSSR count). The van der Waals surface area contributed by atoms with Gasteiger partial charge in [-0.05, 0) is 12.5 Å². The molecule has 0 saturated heterocycles. The number of nitrogens with one attached hydrogen (secondary N) is 1. The number of anilines is 1. The maximum atomic E-state index is 12.7. The zero-order valence-corrected chi connectivity index (χ0v) is 13.4. The van der Waals surface area contributed by atoms with Gasteiger partial charge >= 0.3 is 0 Å². The van der Waals surface area contributed by atoms with Crippen molar-refractivity contribution in [1.82, 2.24) is 9.55 Å². The lowest BCUT2D eigenvalue weighted by molar-refractivity contribution is 0.837. The number of hydrogen-bond acceptors (Lipinski definition) is 5. The third-order valence-electron chi connectivity index (χ3n) is 3.61. The summed E-state index contributed by atoms with van der Waals surface area (Å²) >= 11 is 1.49. The molecule has 1 aromatic carbocycles. The first-order chi connectivity index (χ1) is 10.6. The lowest BCUT2D eigenvalue weighted by Crippen LogP contribution is -2.24. The number of thiophene rings is 1. The second-order valence-corrected chi connectivity index (χ2v) is 6.07. The normalized spacial score (nSPS) is 11.0. The Morgan fingerprint density at radius 1 is 1.32 bits per heavy atom. The van der Waals surface area contributed by atoms with E-state index in [1.165, 1.54) is 16.9 Å². The van der Waals surface area contributed by atoms with Crippen molar-refractivity contribution < 1.29 is 0 Å². The molecule has 0 unspecified atom stereocenters. The van der Waals surface area contributed by atoms with E-state index in [0.29, 0.717) is 24.4 Å². The molecule has 0 bridgehead atoms. The van der Waals surface area contributed by atoms with Crippen molar-refractivity contribution in [2.75, 3.05) is 18.4 Å². The first kappa shape index (κ1) is 14.7. The van der Waals surface area contributed by atoms with Crippen LogP contribution in [0.2, 0.25) is 0 Å². The molecule has 0 aliphatic carbocycles. The summed E-state index contributed by atoms with van der Waals surface area (Å²) in [6.07, 6.45) is 0. The van der Waals surface area contributed by atoms with Crippen molar-refractivity contribution in [2.45, 2.75) is 6.92 Å². The van der Waals surface area contributed by atoms with Crippen LogP contribution in [0.5, 0.6) is 0 Å². The minimum atomic E-state index is -0.0404. The van der Waals surface area contributed by atoms with Crippen LogP contribution in [0.25, 0.3) is 21.3 Å². The summed E-state index contributed by atoms with van der Waals surface area (Å²) in [6, 6.07) is 8.18. The van der Waals surface area contributed by atoms with Crippen LogP contribution in [0.15, 0.2) is 34.4 Å². The van der Waals surface area contributed by atoms with Crippen LogP contribution >= 0.6 is 11.3 Å². The van der Waals surface area contributed by atoms with E-state index < -0.39 is 0 Å². The van der Waals surface area contributed by atoms with Gasteiger partial charge in [0.05, 0.1) is 5.39 Å². The maximum Gasteiger partial charge on any atom is 0.264 e. The molecule has 3 aromatic rings. The Hall–Kier alpha value is -2.18. The van der Waals surface area contributed by atoms with Gasteiger partial charge in [-0.1, -0.05) is 29.8 Å². The van der Waals surface area contributed by atoms with E-state index in [9.17, 15) is 4.79 Å². The van der Waals surface area contributed by atoms with Crippen LogP contribution in [0.1, 0.15) is 5.56 Å². The molecule has 2 aromatic heterocycles. The highest BCUT2D eigenvalue weighted by atomic mass is 32.1. The number of aryl methyl sites for hydroxylation is 1. The molecule has 0 spiro atoms. The number of benzene rings is 1. The Morgan fingerprint density at radius 2 is 2.05 bits per heavy atom. The molecule has 2 heterocycles. The molecular formula is C16H18N4OS. The quantitative estimate of drug-likeness (QED) is 0.775. The van der Waals surface area contributed by atoms with Gasteiger partial charge in [0.15, 0.2) is 0 Å². The Kier molecular flexibility index (Phi) is 3.96. The maximum absolute atomic E-state index is 12.7. The number of nitrogens with zero attached hydrogens (tertiary/aromatic N) is 2. The molecule has 0 saturated carbocycles. The second-order valence-electron chi connectivity index (χ2n) is 5.21. The highest BCUT2D eigenvalue weighted by molar-refractivity contribution is 7.17. The van der Waals surface area contributed by atoms with E-state index in [4.69, 9.17) is 5.73 Å². The van der Waals surface area contributed by atoms with E-state index in [1.54, 1.807) is 11.6 Å². The van der Waals surface area contributed by atoms with Crippen molar-refractivity contribution in [2.24, 2.45) is 12.8 Å². The smallest absolute Gasteiger partial charge is 0.264 e. The average molecular weight is 314 g/mol. The molecule has 0 fully saturated rings. The van der Waals surface area contributed by atoms with E-state index >= 15 is 0 Å². The average Bonchev–Trinajstić information content (AvgIpc) is 2.94. The van der Waals surface area contributed by atoms with Gasteiger partial charge < -0.3 is 11.1 Å². The van der Waals surface area contributed by atoms with E-state index in [1.807, 2.05) is 36.6 Å². The van der Waals surface area contributed by atoms with Crippen LogP contribution in [0.3, 0.4) is 0 Å². The third kappa shape index (κ3) is 2.51. The lowest BCUT2D eigenvalue weighted by atomic mass is 10.1. The predicted molar refractivity (Wildman–Crippen MR) is 92.6 cm³/mol. The van der Waals surface area contributed by atoms with Gasteiger partial charge in [-0.15, -0.1) is 11.3 Å². The number of rotatable bonds is 4. The fourth-order valence-electron chi connectivity index (χ4n) is 2.36. The number of aromatic nitrogens is 2. The molecule has 6 heteroatoms. The highest BCUT2D eigenvalue weighted by Gasteiger charge is 2.15.